The lowest BCUT2D eigenvalue weighted by Crippen LogP contribution is -2.20. The van der Waals surface area contributed by atoms with Gasteiger partial charge in [-0.15, -0.1) is 0 Å². The molecule has 6 heteroatoms. The van der Waals surface area contributed by atoms with Crippen LogP contribution in [-0.4, -0.2) is 21.3 Å². The van der Waals surface area contributed by atoms with Gasteiger partial charge in [-0.25, -0.2) is 9.67 Å². The molecule has 0 aromatic carbocycles. The maximum absolute atomic E-state index is 6.23. The molecule has 0 saturated heterocycles. The highest BCUT2D eigenvalue weighted by Gasteiger charge is 2.12. The first-order chi connectivity index (χ1) is 9.90. The summed E-state index contributed by atoms with van der Waals surface area (Å²) in [6.45, 7) is 9.92. The largest absolute Gasteiger partial charge is 0.311 e. The molecule has 0 aliphatic carbocycles. The molecule has 2 heterocycles. The van der Waals surface area contributed by atoms with E-state index in [2.05, 4.69) is 45.2 Å². The minimum absolute atomic E-state index is 0.596. The van der Waals surface area contributed by atoms with Gasteiger partial charge in [0, 0.05) is 6.54 Å². The Morgan fingerprint density at radius 1 is 1.33 bits per heavy atom. The number of aryl methyl sites for hydroxylation is 1. The normalized spacial score (nSPS) is 11.4. The van der Waals surface area contributed by atoms with Crippen molar-refractivity contribution in [2.75, 3.05) is 6.54 Å². The van der Waals surface area contributed by atoms with Gasteiger partial charge in [0.1, 0.15) is 0 Å². The van der Waals surface area contributed by atoms with Gasteiger partial charge in [0.2, 0.25) is 0 Å². The molecule has 0 bridgehead atoms. The molecule has 1 N–H and O–H groups in total. The summed E-state index contributed by atoms with van der Waals surface area (Å²) in [4.78, 5) is 4.64. The Bertz CT molecular complexity index is 637. The van der Waals surface area contributed by atoms with Crippen LogP contribution in [0.4, 0.5) is 0 Å². The van der Waals surface area contributed by atoms with E-state index in [4.69, 9.17) is 11.6 Å². The maximum atomic E-state index is 6.23. The summed E-state index contributed by atoms with van der Waals surface area (Å²) in [6.07, 6.45) is 0. The fraction of sp³-hybridized carbons (Fsp3) is 0.467. The monoisotopic (exact) mass is 370 g/mol. The lowest BCUT2D eigenvalue weighted by Gasteiger charge is -2.10. The third-order valence-electron chi connectivity index (χ3n) is 3.17. The van der Waals surface area contributed by atoms with Crippen LogP contribution in [0.5, 0.6) is 0 Å². The van der Waals surface area contributed by atoms with Crippen LogP contribution in [0.1, 0.15) is 30.9 Å². The molecule has 0 aliphatic heterocycles. The number of pyridine rings is 1. The van der Waals surface area contributed by atoms with Gasteiger partial charge < -0.3 is 5.32 Å². The summed E-state index contributed by atoms with van der Waals surface area (Å²) in [6, 6.07) is 3.76. The molecule has 21 heavy (non-hydrogen) atoms. The Labute approximate surface area is 139 Å². The summed E-state index contributed by atoms with van der Waals surface area (Å²) in [5, 5.41) is 8.55. The first-order valence-corrected chi connectivity index (χ1v) is 8.15. The second-order valence-electron chi connectivity index (χ2n) is 5.52. The molecule has 2 aromatic heterocycles. The van der Waals surface area contributed by atoms with Crippen LogP contribution in [0.15, 0.2) is 16.6 Å². The zero-order valence-electron chi connectivity index (χ0n) is 12.7. The van der Waals surface area contributed by atoms with Crippen LogP contribution < -0.4 is 5.32 Å². The molecule has 4 nitrogen and oxygen atoms in total. The van der Waals surface area contributed by atoms with Crippen LogP contribution >= 0.6 is 27.5 Å². The standard InChI is InChI=1S/C15H20BrClN4/c1-9(2)7-18-8-13-12(17)5-6-14(19-13)21-11(4)15(16)10(3)20-21/h5-6,9,18H,7-8H2,1-4H3. The van der Waals surface area contributed by atoms with Crippen molar-refractivity contribution in [3.8, 4) is 5.82 Å². The van der Waals surface area contributed by atoms with E-state index in [1.54, 1.807) is 0 Å². The molecule has 114 valence electrons. The fourth-order valence-electron chi connectivity index (χ4n) is 2.04. The van der Waals surface area contributed by atoms with Crippen molar-refractivity contribution in [3.05, 3.63) is 38.7 Å². The molecular weight excluding hydrogens is 352 g/mol. The van der Waals surface area contributed by atoms with E-state index >= 15 is 0 Å². The molecule has 0 saturated carbocycles. The van der Waals surface area contributed by atoms with Crippen molar-refractivity contribution in [2.45, 2.75) is 34.2 Å². The highest BCUT2D eigenvalue weighted by molar-refractivity contribution is 9.10. The number of halogens is 2. The van der Waals surface area contributed by atoms with Gasteiger partial charge in [0.15, 0.2) is 5.82 Å². The summed E-state index contributed by atoms with van der Waals surface area (Å²) >= 11 is 9.77. The highest BCUT2D eigenvalue weighted by Crippen LogP contribution is 2.23. The van der Waals surface area contributed by atoms with Gasteiger partial charge in [-0.1, -0.05) is 25.4 Å². The molecule has 0 amide bonds. The van der Waals surface area contributed by atoms with Crippen LogP contribution in [-0.2, 0) is 6.54 Å². The zero-order valence-corrected chi connectivity index (χ0v) is 15.1. The van der Waals surface area contributed by atoms with E-state index in [-0.39, 0.29) is 0 Å². The summed E-state index contributed by atoms with van der Waals surface area (Å²) < 4.78 is 2.85. The molecule has 2 aromatic rings. The first-order valence-electron chi connectivity index (χ1n) is 6.98. The van der Waals surface area contributed by atoms with E-state index in [1.807, 2.05) is 30.7 Å². The minimum atomic E-state index is 0.596. The number of hydrogen-bond donors (Lipinski definition) is 1. The summed E-state index contributed by atoms with van der Waals surface area (Å²) in [5.74, 6) is 1.38. The van der Waals surface area contributed by atoms with Crippen LogP contribution in [0.3, 0.4) is 0 Å². The molecule has 2 rings (SSSR count). The smallest absolute Gasteiger partial charge is 0.154 e. The Morgan fingerprint density at radius 3 is 2.62 bits per heavy atom. The van der Waals surface area contributed by atoms with Crippen molar-refractivity contribution in [2.24, 2.45) is 5.92 Å². The van der Waals surface area contributed by atoms with Crippen molar-refractivity contribution in [3.63, 3.8) is 0 Å². The first kappa shape index (κ1) is 16.5. The summed E-state index contributed by atoms with van der Waals surface area (Å²) in [7, 11) is 0. The van der Waals surface area contributed by atoms with Gasteiger partial charge >= 0.3 is 0 Å². The molecule has 0 radical (unpaired) electrons. The fourth-order valence-corrected chi connectivity index (χ4v) is 2.46. The molecule has 0 unspecified atom stereocenters. The maximum Gasteiger partial charge on any atom is 0.154 e. The molecule has 0 fully saturated rings. The number of nitrogens with one attached hydrogen (secondary N) is 1. The second kappa shape index (κ2) is 6.90. The summed E-state index contributed by atoms with van der Waals surface area (Å²) in [5.41, 5.74) is 2.82. The molecule has 0 spiro atoms. The van der Waals surface area contributed by atoms with E-state index in [0.717, 1.165) is 33.9 Å². The topological polar surface area (TPSA) is 42.7 Å². The Morgan fingerprint density at radius 2 is 2.05 bits per heavy atom. The van der Waals surface area contributed by atoms with Crippen molar-refractivity contribution in [1.82, 2.24) is 20.1 Å². The number of hydrogen-bond acceptors (Lipinski definition) is 3. The van der Waals surface area contributed by atoms with E-state index in [9.17, 15) is 0 Å². The van der Waals surface area contributed by atoms with Crippen LogP contribution in [0.2, 0.25) is 5.02 Å². The Kier molecular flexibility index (Phi) is 5.41. The van der Waals surface area contributed by atoms with Crippen molar-refractivity contribution < 1.29 is 0 Å². The van der Waals surface area contributed by atoms with Gasteiger partial charge in [0.05, 0.1) is 26.6 Å². The SMILES string of the molecule is Cc1nn(-c2ccc(Cl)c(CNCC(C)C)n2)c(C)c1Br. The molecule has 0 atom stereocenters. The number of aromatic nitrogens is 3. The quantitative estimate of drug-likeness (QED) is 0.862. The predicted octanol–water partition coefficient (Wildman–Crippen LogP) is 4.05. The zero-order chi connectivity index (χ0) is 15.6. The van der Waals surface area contributed by atoms with Crippen LogP contribution in [0, 0.1) is 19.8 Å². The van der Waals surface area contributed by atoms with E-state index in [1.165, 1.54) is 0 Å². The van der Waals surface area contributed by atoms with E-state index in [0.29, 0.717) is 17.5 Å². The highest BCUT2D eigenvalue weighted by atomic mass is 79.9. The molecule has 0 aliphatic rings. The van der Waals surface area contributed by atoms with Crippen molar-refractivity contribution >= 4 is 27.5 Å². The van der Waals surface area contributed by atoms with Gasteiger partial charge in [-0.3, -0.25) is 0 Å². The average molecular weight is 372 g/mol. The predicted molar refractivity (Wildman–Crippen MR) is 90.1 cm³/mol. The third-order valence-corrected chi connectivity index (χ3v) is 4.66. The van der Waals surface area contributed by atoms with E-state index < -0.39 is 0 Å². The van der Waals surface area contributed by atoms with Crippen molar-refractivity contribution in [1.29, 1.82) is 0 Å². The lowest BCUT2D eigenvalue weighted by atomic mass is 10.2. The minimum Gasteiger partial charge on any atom is -0.311 e. The van der Waals surface area contributed by atoms with Gasteiger partial charge in [0.25, 0.3) is 0 Å². The van der Waals surface area contributed by atoms with Gasteiger partial charge in [-0.05, 0) is 54.4 Å². The van der Waals surface area contributed by atoms with Gasteiger partial charge in [-0.2, -0.15) is 5.10 Å². The average Bonchev–Trinajstić information content (AvgIpc) is 2.68. The lowest BCUT2D eigenvalue weighted by molar-refractivity contribution is 0.547. The van der Waals surface area contributed by atoms with Crippen LogP contribution in [0.25, 0.3) is 5.82 Å². The Hall–Kier alpha value is -0.910. The number of nitrogens with zero attached hydrogens (tertiary/aromatic N) is 3. The Balaban J connectivity index is 2.27. The third kappa shape index (κ3) is 3.84. The second-order valence-corrected chi connectivity index (χ2v) is 6.72. The number of rotatable bonds is 5. The molecular formula is C15H20BrClN4.